The van der Waals surface area contributed by atoms with Crippen molar-refractivity contribution in [1.29, 1.82) is 0 Å². The van der Waals surface area contributed by atoms with Gasteiger partial charge in [0.15, 0.2) is 11.5 Å². The zero-order valence-electron chi connectivity index (χ0n) is 16.0. The molecule has 0 saturated heterocycles. The number of benzene rings is 1. The summed E-state index contributed by atoms with van der Waals surface area (Å²) in [4.78, 5) is 14.4. The van der Waals surface area contributed by atoms with Crippen LogP contribution >= 0.6 is 0 Å². The van der Waals surface area contributed by atoms with E-state index in [4.69, 9.17) is 9.47 Å². The van der Waals surface area contributed by atoms with E-state index in [1.165, 1.54) is 25.7 Å². The molecule has 0 N–H and O–H groups in total. The van der Waals surface area contributed by atoms with E-state index in [0.29, 0.717) is 11.8 Å². The average molecular weight is 345 g/mol. The van der Waals surface area contributed by atoms with Gasteiger partial charge in [-0.1, -0.05) is 31.7 Å². The molecule has 0 heterocycles. The summed E-state index contributed by atoms with van der Waals surface area (Å²) in [7, 11) is 3.55. The molecule has 0 unspecified atom stereocenters. The Hall–Kier alpha value is -1.97. The summed E-state index contributed by atoms with van der Waals surface area (Å²) < 4.78 is 11.1. The van der Waals surface area contributed by atoms with E-state index in [1.807, 2.05) is 50.1 Å². The number of hydrogen-bond acceptors (Lipinski definition) is 3. The zero-order chi connectivity index (χ0) is 18.2. The third kappa shape index (κ3) is 5.80. The highest BCUT2D eigenvalue weighted by atomic mass is 16.5. The quantitative estimate of drug-likeness (QED) is 0.555. The number of likely N-dealkylation sites (N-methyl/N-ethyl adjacent to an activating group) is 1. The van der Waals surface area contributed by atoms with Crippen molar-refractivity contribution in [2.45, 2.75) is 64.5 Å². The van der Waals surface area contributed by atoms with Crippen molar-refractivity contribution in [3.63, 3.8) is 0 Å². The van der Waals surface area contributed by atoms with E-state index in [9.17, 15) is 4.79 Å². The van der Waals surface area contributed by atoms with Crippen LogP contribution in [0.25, 0.3) is 6.08 Å². The van der Waals surface area contributed by atoms with Gasteiger partial charge in [-0.3, -0.25) is 4.79 Å². The normalized spacial score (nSPS) is 16.0. The van der Waals surface area contributed by atoms with E-state index in [-0.39, 0.29) is 12.0 Å². The summed E-state index contributed by atoms with van der Waals surface area (Å²) in [6, 6.07) is 6.09. The topological polar surface area (TPSA) is 38.8 Å². The molecule has 0 aliphatic heterocycles. The smallest absolute Gasteiger partial charge is 0.246 e. The summed E-state index contributed by atoms with van der Waals surface area (Å²) in [5, 5.41) is 0. The van der Waals surface area contributed by atoms with E-state index in [0.717, 1.165) is 24.2 Å². The van der Waals surface area contributed by atoms with Crippen LogP contribution in [0.3, 0.4) is 0 Å². The van der Waals surface area contributed by atoms with E-state index in [1.54, 1.807) is 13.2 Å². The Kier molecular flexibility index (Phi) is 7.35. The van der Waals surface area contributed by atoms with E-state index < -0.39 is 0 Å². The highest BCUT2D eigenvalue weighted by molar-refractivity contribution is 5.91. The Bertz CT molecular complexity index is 587. The Balaban J connectivity index is 2.03. The molecule has 1 aliphatic carbocycles. The first-order valence-electron chi connectivity index (χ1n) is 9.31. The molecule has 0 aromatic heterocycles. The van der Waals surface area contributed by atoms with Crippen molar-refractivity contribution in [3.05, 3.63) is 29.8 Å². The molecule has 0 spiro atoms. The third-order valence-electron chi connectivity index (χ3n) is 4.69. The summed E-state index contributed by atoms with van der Waals surface area (Å²) >= 11 is 0. The van der Waals surface area contributed by atoms with Crippen LogP contribution in [0.2, 0.25) is 0 Å². The van der Waals surface area contributed by atoms with Gasteiger partial charge in [-0.05, 0) is 50.5 Å². The average Bonchev–Trinajstić information content (AvgIpc) is 2.88. The molecule has 138 valence electrons. The predicted octanol–water partition coefficient (Wildman–Crippen LogP) is 4.68. The van der Waals surface area contributed by atoms with Gasteiger partial charge in [0.05, 0.1) is 13.2 Å². The number of methoxy groups -OCH3 is 1. The zero-order valence-corrected chi connectivity index (χ0v) is 16.0. The van der Waals surface area contributed by atoms with Crippen LogP contribution in [-0.4, -0.2) is 37.1 Å². The fourth-order valence-corrected chi connectivity index (χ4v) is 3.25. The van der Waals surface area contributed by atoms with Gasteiger partial charge >= 0.3 is 0 Å². The maximum atomic E-state index is 12.5. The summed E-state index contributed by atoms with van der Waals surface area (Å²) in [5.74, 6) is 1.46. The predicted molar refractivity (Wildman–Crippen MR) is 102 cm³/mol. The number of nitrogens with zero attached hydrogens (tertiary/aromatic N) is 1. The summed E-state index contributed by atoms with van der Waals surface area (Å²) in [5.41, 5.74) is 0.926. The molecule has 1 amide bonds. The second kappa shape index (κ2) is 9.50. The molecular weight excluding hydrogens is 314 g/mol. The fourth-order valence-electron chi connectivity index (χ4n) is 3.25. The van der Waals surface area contributed by atoms with E-state index >= 15 is 0 Å². The molecule has 25 heavy (non-hydrogen) atoms. The number of carbonyl (C=O) groups excluding carboxylic acids is 1. The van der Waals surface area contributed by atoms with Gasteiger partial charge in [-0.25, -0.2) is 0 Å². The van der Waals surface area contributed by atoms with E-state index in [2.05, 4.69) is 0 Å². The second-order valence-corrected chi connectivity index (χ2v) is 7.00. The number of hydrogen-bond donors (Lipinski definition) is 0. The SMILES string of the molecule is COc1cc(/C=C/C(=O)N(C)C2CCCCCC2)ccc1OC(C)C. The van der Waals surface area contributed by atoms with Crippen molar-refractivity contribution < 1.29 is 14.3 Å². The molecule has 0 radical (unpaired) electrons. The van der Waals surface area contributed by atoms with Gasteiger partial charge in [0, 0.05) is 19.2 Å². The Morgan fingerprint density at radius 1 is 1.16 bits per heavy atom. The number of carbonyl (C=O) groups is 1. The van der Waals surface area contributed by atoms with Gasteiger partial charge in [0.2, 0.25) is 5.91 Å². The lowest BCUT2D eigenvalue weighted by Crippen LogP contribution is -2.35. The first-order valence-corrected chi connectivity index (χ1v) is 9.31. The number of amides is 1. The first kappa shape index (κ1) is 19.4. The molecule has 4 heteroatoms. The van der Waals surface area contributed by atoms with Gasteiger partial charge in [0.1, 0.15) is 0 Å². The third-order valence-corrected chi connectivity index (χ3v) is 4.69. The number of rotatable bonds is 6. The standard InChI is InChI=1S/C21H31NO3/c1-16(2)25-19-13-11-17(15-20(19)24-4)12-14-21(23)22(3)18-9-7-5-6-8-10-18/h11-16,18H,5-10H2,1-4H3/b14-12+. The van der Waals surface area contributed by atoms with Crippen LogP contribution in [-0.2, 0) is 4.79 Å². The Labute approximate surface area is 151 Å². The van der Waals surface area contributed by atoms with Crippen LogP contribution in [0.1, 0.15) is 57.9 Å². The molecular formula is C21H31NO3. The van der Waals surface area contributed by atoms with Gasteiger partial charge < -0.3 is 14.4 Å². The maximum Gasteiger partial charge on any atom is 0.246 e. The lowest BCUT2D eigenvalue weighted by Gasteiger charge is -2.26. The van der Waals surface area contributed by atoms with Crippen molar-refractivity contribution in [2.75, 3.05) is 14.2 Å². The Morgan fingerprint density at radius 3 is 2.44 bits per heavy atom. The molecule has 0 atom stereocenters. The van der Waals surface area contributed by atoms with Gasteiger partial charge in [-0.15, -0.1) is 0 Å². The Morgan fingerprint density at radius 2 is 1.84 bits per heavy atom. The summed E-state index contributed by atoms with van der Waals surface area (Å²) in [6.07, 6.45) is 10.8. The van der Waals surface area contributed by atoms with Crippen LogP contribution < -0.4 is 9.47 Å². The molecule has 0 bridgehead atoms. The maximum absolute atomic E-state index is 12.5. The molecule has 1 aromatic rings. The lowest BCUT2D eigenvalue weighted by molar-refractivity contribution is -0.126. The highest BCUT2D eigenvalue weighted by Crippen LogP contribution is 2.29. The van der Waals surface area contributed by atoms with Crippen LogP contribution in [0, 0.1) is 0 Å². The first-order chi connectivity index (χ1) is 12.0. The monoisotopic (exact) mass is 345 g/mol. The van der Waals surface area contributed by atoms with Crippen molar-refractivity contribution >= 4 is 12.0 Å². The molecule has 4 nitrogen and oxygen atoms in total. The second-order valence-electron chi connectivity index (χ2n) is 7.00. The molecule has 1 aliphatic rings. The van der Waals surface area contributed by atoms with Crippen molar-refractivity contribution in [3.8, 4) is 11.5 Å². The molecule has 1 saturated carbocycles. The van der Waals surface area contributed by atoms with Gasteiger partial charge in [0.25, 0.3) is 0 Å². The lowest BCUT2D eigenvalue weighted by atomic mass is 10.1. The van der Waals surface area contributed by atoms with Crippen molar-refractivity contribution in [2.24, 2.45) is 0 Å². The van der Waals surface area contributed by atoms with Crippen LogP contribution in [0.5, 0.6) is 11.5 Å². The number of ether oxygens (including phenoxy) is 2. The summed E-state index contributed by atoms with van der Waals surface area (Å²) in [6.45, 7) is 3.96. The fraction of sp³-hybridized carbons (Fsp3) is 0.571. The minimum Gasteiger partial charge on any atom is -0.493 e. The van der Waals surface area contributed by atoms with Crippen LogP contribution in [0.4, 0.5) is 0 Å². The van der Waals surface area contributed by atoms with Crippen LogP contribution in [0.15, 0.2) is 24.3 Å². The minimum absolute atomic E-state index is 0.0633. The van der Waals surface area contributed by atoms with Crippen molar-refractivity contribution in [1.82, 2.24) is 4.90 Å². The van der Waals surface area contributed by atoms with Gasteiger partial charge in [-0.2, -0.15) is 0 Å². The molecule has 1 aromatic carbocycles. The minimum atomic E-state index is 0.0633. The molecule has 2 rings (SSSR count). The largest absolute Gasteiger partial charge is 0.493 e. The molecule has 1 fully saturated rings. The highest BCUT2D eigenvalue weighted by Gasteiger charge is 2.19.